The molecule has 2 aromatic heterocycles. The second-order valence-electron chi connectivity index (χ2n) is 4.79. The van der Waals surface area contributed by atoms with Gasteiger partial charge in [-0.2, -0.15) is 0 Å². The van der Waals surface area contributed by atoms with Crippen LogP contribution in [0.4, 0.5) is 0 Å². The third kappa shape index (κ3) is 3.96. The van der Waals surface area contributed by atoms with E-state index in [-0.39, 0.29) is 5.78 Å². The van der Waals surface area contributed by atoms with Gasteiger partial charge < -0.3 is 9.40 Å². The highest BCUT2D eigenvalue weighted by molar-refractivity contribution is 7.99. The van der Waals surface area contributed by atoms with Gasteiger partial charge in [-0.05, 0) is 37.3 Å². The first-order chi connectivity index (χ1) is 11.0. The first-order valence-electron chi connectivity index (χ1n) is 6.63. The Morgan fingerprint density at radius 3 is 2.57 bits per heavy atom. The summed E-state index contributed by atoms with van der Waals surface area (Å²) in [5.74, 6) is 2.08. The maximum Gasteiger partial charge on any atom is 0.197 e. The predicted octanol–water partition coefficient (Wildman–Crippen LogP) is 4.72. The quantitative estimate of drug-likeness (QED) is 0.660. The summed E-state index contributed by atoms with van der Waals surface area (Å²) in [4.78, 5) is 14.0. The van der Waals surface area contributed by atoms with Gasteiger partial charge >= 0.3 is 0 Å². The highest BCUT2D eigenvalue weighted by Gasteiger charge is 2.12. The Labute approximate surface area is 146 Å². The van der Waals surface area contributed by atoms with Crippen LogP contribution in [0.2, 0.25) is 10.0 Å². The normalized spacial score (nSPS) is 10.9. The molecule has 0 atom stereocenters. The molecule has 0 aliphatic heterocycles. The number of carbonyl (C=O) groups is 1. The zero-order valence-corrected chi connectivity index (χ0v) is 14.3. The second-order valence-corrected chi connectivity index (χ2v) is 6.63. The summed E-state index contributed by atoms with van der Waals surface area (Å²) in [6, 6.07) is 8.78. The van der Waals surface area contributed by atoms with Crippen molar-refractivity contribution in [1.82, 2.24) is 15.2 Å². The summed E-state index contributed by atoms with van der Waals surface area (Å²) < 4.78 is 5.78. The van der Waals surface area contributed by atoms with Crippen molar-refractivity contribution < 1.29 is 9.21 Å². The average Bonchev–Trinajstić information content (AvgIpc) is 3.13. The highest BCUT2D eigenvalue weighted by Crippen LogP contribution is 2.31. The van der Waals surface area contributed by atoms with Crippen molar-refractivity contribution in [2.45, 2.75) is 12.1 Å². The van der Waals surface area contributed by atoms with Gasteiger partial charge in [-0.25, -0.2) is 0 Å². The molecule has 0 aliphatic rings. The van der Waals surface area contributed by atoms with Crippen LogP contribution in [0.25, 0.3) is 22.9 Å². The lowest BCUT2D eigenvalue weighted by Crippen LogP contribution is -1.93. The maximum atomic E-state index is 11.0. The number of furan rings is 1. The number of hydrogen-bond donors (Lipinski definition) is 1. The molecule has 0 amide bonds. The highest BCUT2D eigenvalue weighted by atomic mass is 35.5. The minimum Gasteiger partial charge on any atom is -0.453 e. The second kappa shape index (κ2) is 6.78. The minimum atomic E-state index is 0.0751. The molecule has 0 bridgehead atoms. The van der Waals surface area contributed by atoms with Gasteiger partial charge in [0.05, 0.1) is 5.75 Å². The first kappa shape index (κ1) is 16.1. The van der Waals surface area contributed by atoms with Gasteiger partial charge in [0, 0.05) is 15.6 Å². The van der Waals surface area contributed by atoms with Crippen LogP contribution in [0.3, 0.4) is 0 Å². The lowest BCUT2D eigenvalue weighted by Gasteiger charge is -1.99. The summed E-state index contributed by atoms with van der Waals surface area (Å²) in [6.45, 7) is 1.53. The fourth-order valence-electron chi connectivity index (χ4n) is 1.91. The monoisotopic (exact) mass is 367 g/mol. The number of aromatic amines is 1. The van der Waals surface area contributed by atoms with Crippen molar-refractivity contribution in [2.75, 3.05) is 5.75 Å². The Balaban J connectivity index is 1.83. The van der Waals surface area contributed by atoms with Gasteiger partial charge in [0.15, 0.2) is 16.7 Å². The molecule has 1 N–H and O–H groups in total. The number of Topliss-reactive ketones (excluding diaryl/α,β-unsaturated/α-hetero) is 1. The van der Waals surface area contributed by atoms with Gasteiger partial charge in [0.25, 0.3) is 0 Å². The van der Waals surface area contributed by atoms with E-state index in [0.29, 0.717) is 38.3 Å². The molecule has 0 radical (unpaired) electrons. The van der Waals surface area contributed by atoms with E-state index in [9.17, 15) is 4.79 Å². The smallest absolute Gasteiger partial charge is 0.197 e. The summed E-state index contributed by atoms with van der Waals surface area (Å²) in [6.07, 6.45) is 0. The van der Waals surface area contributed by atoms with Crippen LogP contribution in [0.1, 0.15) is 6.92 Å². The molecule has 3 aromatic rings. The lowest BCUT2D eigenvalue weighted by atomic mass is 10.2. The molecule has 3 rings (SSSR count). The number of nitrogens with one attached hydrogen (secondary N) is 1. The molecule has 118 valence electrons. The van der Waals surface area contributed by atoms with Crippen LogP contribution in [-0.4, -0.2) is 26.7 Å². The van der Waals surface area contributed by atoms with Crippen LogP contribution in [0.5, 0.6) is 0 Å². The van der Waals surface area contributed by atoms with E-state index in [1.54, 1.807) is 24.3 Å². The third-order valence-corrected chi connectivity index (χ3v) is 4.31. The molecule has 0 fully saturated rings. The average molecular weight is 368 g/mol. The molecule has 8 heteroatoms. The first-order valence-corrected chi connectivity index (χ1v) is 8.37. The predicted molar refractivity (Wildman–Crippen MR) is 90.9 cm³/mol. The molecular formula is C15H11Cl2N3O2S. The molecule has 0 spiro atoms. The molecule has 0 aliphatic carbocycles. The van der Waals surface area contributed by atoms with Crippen molar-refractivity contribution in [1.29, 1.82) is 0 Å². The van der Waals surface area contributed by atoms with E-state index in [4.69, 9.17) is 27.6 Å². The van der Waals surface area contributed by atoms with Crippen molar-refractivity contribution in [3.05, 3.63) is 40.4 Å². The van der Waals surface area contributed by atoms with Gasteiger partial charge in [-0.15, -0.1) is 10.2 Å². The largest absolute Gasteiger partial charge is 0.453 e. The zero-order chi connectivity index (χ0) is 16.4. The number of rotatable bonds is 5. The van der Waals surface area contributed by atoms with Gasteiger partial charge in [-0.3, -0.25) is 4.79 Å². The van der Waals surface area contributed by atoms with Crippen LogP contribution < -0.4 is 0 Å². The number of aromatic nitrogens is 3. The molecule has 1 aromatic carbocycles. The Kier molecular flexibility index (Phi) is 4.75. The third-order valence-electron chi connectivity index (χ3n) is 2.86. The van der Waals surface area contributed by atoms with Crippen molar-refractivity contribution in [2.24, 2.45) is 0 Å². The number of nitrogens with zero attached hydrogens (tertiary/aromatic N) is 2. The maximum absolute atomic E-state index is 11.0. The summed E-state index contributed by atoms with van der Waals surface area (Å²) >= 11 is 13.3. The van der Waals surface area contributed by atoms with Crippen LogP contribution >= 0.6 is 35.0 Å². The van der Waals surface area contributed by atoms with E-state index >= 15 is 0 Å². The van der Waals surface area contributed by atoms with Crippen LogP contribution in [-0.2, 0) is 4.79 Å². The Morgan fingerprint density at radius 1 is 1.17 bits per heavy atom. The molecule has 0 unspecified atom stereocenters. The van der Waals surface area contributed by atoms with Gasteiger partial charge in [0.2, 0.25) is 0 Å². The van der Waals surface area contributed by atoms with Crippen LogP contribution in [0.15, 0.2) is 39.9 Å². The van der Waals surface area contributed by atoms with E-state index in [1.807, 2.05) is 6.07 Å². The van der Waals surface area contributed by atoms with E-state index in [1.165, 1.54) is 18.7 Å². The molecular weight excluding hydrogens is 357 g/mol. The van der Waals surface area contributed by atoms with E-state index in [0.717, 1.165) is 5.56 Å². The number of halogens is 2. The Bertz CT molecular complexity index is 840. The molecule has 0 saturated carbocycles. The number of ketones is 1. The fraction of sp³-hybridized carbons (Fsp3) is 0.133. The summed E-state index contributed by atoms with van der Waals surface area (Å²) in [7, 11) is 0. The number of carbonyl (C=O) groups excluding carboxylic acids is 1. The van der Waals surface area contributed by atoms with E-state index < -0.39 is 0 Å². The summed E-state index contributed by atoms with van der Waals surface area (Å²) in [5, 5.41) is 9.64. The molecule has 2 heterocycles. The Morgan fingerprint density at radius 2 is 1.87 bits per heavy atom. The topological polar surface area (TPSA) is 71.8 Å². The van der Waals surface area contributed by atoms with Gasteiger partial charge in [-0.1, -0.05) is 35.0 Å². The number of benzene rings is 1. The molecule has 0 saturated heterocycles. The van der Waals surface area contributed by atoms with Gasteiger partial charge in [0.1, 0.15) is 11.5 Å². The van der Waals surface area contributed by atoms with Crippen molar-refractivity contribution in [3.8, 4) is 22.9 Å². The summed E-state index contributed by atoms with van der Waals surface area (Å²) in [5.41, 5.74) is 0.777. The molecule has 5 nitrogen and oxygen atoms in total. The van der Waals surface area contributed by atoms with Crippen molar-refractivity contribution in [3.63, 3.8) is 0 Å². The minimum absolute atomic E-state index is 0.0751. The Hall–Kier alpha value is -1.76. The zero-order valence-electron chi connectivity index (χ0n) is 12.0. The number of hydrogen-bond acceptors (Lipinski definition) is 5. The standard InChI is InChI=1S/C15H11Cl2N3O2S/c1-8(21)7-23-15-18-14(19-20-15)13-3-2-12(22-13)9-4-10(16)6-11(17)5-9/h2-6H,7H2,1H3,(H,18,19,20). The number of thioether (sulfide) groups is 1. The lowest BCUT2D eigenvalue weighted by molar-refractivity contribution is -0.114. The fourth-order valence-corrected chi connectivity index (χ4v) is 3.04. The van der Waals surface area contributed by atoms with Crippen molar-refractivity contribution >= 4 is 40.7 Å². The molecule has 23 heavy (non-hydrogen) atoms. The van der Waals surface area contributed by atoms with E-state index in [2.05, 4.69) is 15.2 Å². The SMILES string of the molecule is CC(=O)CSc1nnc(-c2ccc(-c3cc(Cl)cc(Cl)c3)o2)[nH]1. The number of H-pyrrole nitrogens is 1. The van der Waals surface area contributed by atoms with Crippen LogP contribution in [0, 0.1) is 0 Å².